The molecule has 1 fully saturated rings. The van der Waals surface area contributed by atoms with Crippen LogP contribution in [0.5, 0.6) is 0 Å². The van der Waals surface area contributed by atoms with Gasteiger partial charge in [-0.2, -0.15) is 0 Å². The number of rotatable bonds is 3. The Kier molecular flexibility index (Phi) is 4.93. The number of morpholine rings is 1. The summed E-state index contributed by atoms with van der Waals surface area (Å²) in [5, 5.41) is 10.6. The van der Waals surface area contributed by atoms with Crippen LogP contribution in [0.15, 0.2) is 24.3 Å². The molecule has 7 heteroatoms. The van der Waals surface area contributed by atoms with Crippen LogP contribution in [0.3, 0.4) is 0 Å². The first-order chi connectivity index (χ1) is 12.6. The molecule has 138 valence electrons. The Labute approximate surface area is 156 Å². The number of ether oxygens (including phenoxy) is 1. The van der Waals surface area contributed by atoms with Crippen molar-refractivity contribution >= 4 is 33.3 Å². The fraction of sp³-hybridized carbons (Fsp3) is 0.474. The molecule has 0 bridgehead atoms. The van der Waals surface area contributed by atoms with E-state index in [4.69, 9.17) is 9.72 Å². The molecule has 4 rings (SSSR count). The lowest BCUT2D eigenvalue weighted by atomic mass is 9.98. The molecule has 1 atom stereocenters. The van der Waals surface area contributed by atoms with E-state index in [2.05, 4.69) is 17.9 Å². The van der Waals surface area contributed by atoms with Crippen LogP contribution in [-0.4, -0.2) is 58.8 Å². The molecule has 1 aromatic heterocycles. The number of carbonyl (C=O) groups is 1. The van der Waals surface area contributed by atoms with Gasteiger partial charge in [-0.1, -0.05) is 19.1 Å². The minimum absolute atomic E-state index is 0.345. The van der Waals surface area contributed by atoms with E-state index >= 15 is 0 Å². The normalized spacial score (nSPS) is 21.8. The first-order valence-electron chi connectivity index (χ1n) is 9.01. The van der Waals surface area contributed by atoms with Crippen LogP contribution < -0.4 is 0 Å². The second kappa shape index (κ2) is 7.34. The summed E-state index contributed by atoms with van der Waals surface area (Å²) in [5.41, 5.74) is 2.65. The van der Waals surface area contributed by atoms with Gasteiger partial charge in [0.25, 0.3) is 0 Å². The summed E-state index contributed by atoms with van der Waals surface area (Å²) in [6.07, 6.45) is 2.04. The molecule has 0 unspecified atom stereocenters. The minimum atomic E-state index is -0.894. The van der Waals surface area contributed by atoms with Gasteiger partial charge in [-0.05, 0) is 24.5 Å². The number of hydrogen-bond acceptors (Lipinski definition) is 5. The van der Waals surface area contributed by atoms with Gasteiger partial charge in [0.15, 0.2) is 0 Å². The monoisotopic (exact) mass is 373 g/mol. The van der Waals surface area contributed by atoms with E-state index < -0.39 is 6.09 Å². The maximum Gasteiger partial charge on any atom is 0.411 e. The Balaban J connectivity index is 1.60. The molecule has 1 aromatic carbocycles. The van der Waals surface area contributed by atoms with Crippen molar-refractivity contribution in [3.8, 4) is 0 Å². The van der Waals surface area contributed by atoms with Crippen molar-refractivity contribution < 1.29 is 14.6 Å². The third kappa shape index (κ3) is 3.60. The smallest absolute Gasteiger partial charge is 0.411 e. The quantitative estimate of drug-likeness (QED) is 0.892. The number of carboxylic acid groups (broad SMARTS) is 1. The molecular formula is C19H23N3O3S. The van der Waals surface area contributed by atoms with Crippen molar-refractivity contribution in [2.45, 2.75) is 19.9 Å². The van der Waals surface area contributed by atoms with Gasteiger partial charge in [-0.3, -0.25) is 9.80 Å². The van der Waals surface area contributed by atoms with Crippen LogP contribution in [-0.2, 0) is 11.3 Å². The van der Waals surface area contributed by atoms with Gasteiger partial charge in [0.2, 0.25) is 0 Å². The van der Waals surface area contributed by atoms with Gasteiger partial charge in [-0.15, -0.1) is 11.3 Å². The zero-order chi connectivity index (χ0) is 18.1. The Morgan fingerprint density at radius 2 is 2.19 bits per heavy atom. The number of amides is 1. The molecule has 2 aromatic rings. The summed E-state index contributed by atoms with van der Waals surface area (Å²) in [5.74, 6) is 0.345. The predicted octanol–water partition coefficient (Wildman–Crippen LogP) is 3.49. The van der Waals surface area contributed by atoms with Crippen LogP contribution in [0.1, 0.15) is 23.9 Å². The lowest BCUT2D eigenvalue weighted by Gasteiger charge is -2.29. The van der Waals surface area contributed by atoms with E-state index in [9.17, 15) is 9.90 Å². The lowest BCUT2D eigenvalue weighted by Crippen LogP contribution is -2.35. The highest BCUT2D eigenvalue weighted by atomic mass is 32.1. The summed E-state index contributed by atoms with van der Waals surface area (Å²) < 4.78 is 6.54. The zero-order valence-electron chi connectivity index (χ0n) is 14.9. The SMILES string of the molecule is C[C@H]1CC=C(c2ccc3sc(CN4CCOCC4)nc3c2)N(C(=O)O)C1. The van der Waals surface area contributed by atoms with Crippen LogP contribution in [0.4, 0.5) is 4.79 Å². The largest absolute Gasteiger partial charge is 0.465 e. The second-order valence-corrected chi connectivity index (χ2v) is 8.12. The van der Waals surface area contributed by atoms with Crippen molar-refractivity contribution in [2.75, 3.05) is 32.8 Å². The summed E-state index contributed by atoms with van der Waals surface area (Å²) in [6.45, 7) is 6.92. The number of fused-ring (bicyclic) bond motifs is 1. The Morgan fingerprint density at radius 3 is 2.96 bits per heavy atom. The first-order valence-corrected chi connectivity index (χ1v) is 9.82. The first kappa shape index (κ1) is 17.5. The van der Waals surface area contributed by atoms with Crippen molar-refractivity contribution in [1.29, 1.82) is 0 Å². The average molecular weight is 373 g/mol. The second-order valence-electron chi connectivity index (χ2n) is 7.00. The van der Waals surface area contributed by atoms with Crippen molar-refractivity contribution in [1.82, 2.24) is 14.8 Å². The fourth-order valence-electron chi connectivity index (χ4n) is 3.52. The molecule has 2 aliphatic rings. The van der Waals surface area contributed by atoms with Crippen LogP contribution in [0, 0.1) is 5.92 Å². The van der Waals surface area contributed by atoms with Gasteiger partial charge < -0.3 is 9.84 Å². The third-order valence-electron chi connectivity index (χ3n) is 4.92. The number of hydrogen-bond donors (Lipinski definition) is 1. The molecule has 26 heavy (non-hydrogen) atoms. The van der Waals surface area contributed by atoms with Gasteiger partial charge in [0, 0.05) is 25.2 Å². The van der Waals surface area contributed by atoms with Crippen molar-refractivity contribution in [2.24, 2.45) is 5.92 Å². The summed E-state index contributed by atoms with van der Waals surface area (Å²) >= 11 is 1.71. The molecule has 2 aliphatic heterocycles. The molecule has 1 N–H and O–H groups in total. The highest BCUT2D eigenvalue weighted by Crippen LogP contribution is 2.31. The lowest BCUT2D eigenvalue weighted by molar-refractivity contribution is 0.0342. The molecular weight excluding hydrogens is 350 g/mol. The highest BCUT2D eigenvalue weighted by Gasteiger charge is 2.25. The van der Waals surface area contributed by atoms with Crippen LogP contribution >= 0.6 is 11.3 Å². The average Bonchev–Trinajstić information content (AvgIpc) is 3.03. The van der Waals surface area contributed by atoms with E-state index in [1.165, 1.54) is 4.90 Å². The molecule has 1 saturated heterocycles. The maximum absolute atomic E-state index is 11.6. The van der Waals surface area contributed by atoms with Gasteiger partial charge in [0.05, 0.1) is 35.7 Å². The van der Waals surface area contributed by atoms with E-state index in [1.54, 1.807) is 11.3 Å². The van der Waals surface area contributed by atoms with Gasteiger partial charge in [-0.25, -0.2) is 9.78 Å². The minimum Gasteiger partial charge on any atom is -0.465 e. The summed E-state index contributed by atoms with van der Waals surface area (Å²) in [7, 11) is 0. The van der Waals surface area contributed by atoms with E-state index in [0.717, 1.165) is 65.8 Å². The number of aromatic nitrogens is 1. The highest BCUT2D eigenvalue weighted by molar-refractivity contribution is 7.18. The maximum atomic E-state index is 11.6. The molecule has 6 nitrogen and oxygen atoms in total. The number of nitrogens with zero attached hydrogens (tertiary/aromatic N) is 3. The third-order valence-corrected chi connectivity index (χ3v) is 5.94. The van der Waals surface area contributed by atoms with Gasteiger partial charge in [0.1, 0.15) is 5.01 Å². The topological polar surface area (TPSA) is 65.9 Å². The standard InChI is InChI=1S/C19H23N3O3S/c1-13-2-4-16(22(11-13)19(23)24)14-3-5-17-15(10-14)20-18(26-17)12-21-6-8-25-9-7-21/h3-5,10,13H,2,6-9,11-12H2,1H3,(H,23,24)/t13-/m0/s1. The number of allylic oxidation sites excluding steroid dienone is 1. The molecule has 0 saturated carbocycles. The molecule has 3 heterocycles. The van der Waals surface area contributed by atoms with Crippen molar-refractivity contribution in [3.05, 3.63) is 34.8 Å². The zero-order valence-corrected chi connectivity index (χ0v) is 15.7. The molecule has 1 amide bonds. The molecule has 0 spiro atoms. The van der Waals surface area contributed by atoms with E-state index in [1.807, 2.05) is 18.2 Å². The van der Waals surface area contributed by atoms with Crippen LogP contribution in [0.25, 0.3) is 15.9 Å². The van der Waals surface area contributed by atoms with E-state index in [-0.39, 0.29) is 0 Å². The van der Waals surface area contributed by atoms with Gasteiger partial charge >= 0.3 is 6.09 Å². The fourth-order valence-corrected chi connectivity index (χ4v) is 4.51. The van der Waals surface area contributed by atoms with Crippen molar-refractivity contribution in [3.63, 3.8) is 0 Å². The Hall–Kier alpha value is -1.96. The predicted molar refractivity (Wildman–Crippen MR) is 102 cm³/mol. The molecule has 0 radical (unpaired) electrons. The van der Waals surface area contributed by atoms with E-state index in [0.29, 0.717) is 12.5 Å². The number of benzene rings is 1. The summed E-state index contributed by atoms with van der Waals surface area (Å²) in [4.78, 5) is 20.2. The summed E-state index contributed by atoms with van der Waals surface area (Å²) in [6, 6.07) is 6.09. The Bertz CT molecular complexity index is 842. The Morgan fingerprint density at radius 1 is 1.38 bits per heavy atom. The molecule has 0 aliphatic carbocycles. The number of thiazole rings is 1. The van der Waals surface area contributed by atoms with Crippen LogP contribution in [0.2, 0.25) is 0 Å².